The molecule has 2 unspecified atom stereocenters. The number of rotatable bonds is 7. The van der Waals surface area contributed by atoms with E-state index in [-0.39, 0.29) is 34.9 Å². The molecule has 1 aromatic carbocycles. The van der Waals surface area contributed by atoms with Gasteiger partial charge in [0.2, 0.25) is 0 Å². The van der Waals surface area contributed by atoms with Crippen LogP contribution in [0.3, 0.4) is 0 Å². The van der Waals surface area contributed by atoms with Gasteiger partial charge in [-0.25, -0.2) is 19.4 Å². The number of pyridine rings is 1. The van der Waals surface area contributed by atoms with Crippen molar-refractivity contribution < 1.29 is 23.4 Å². The lowest BCUT2D eigenvalue weighted by atomic mass is 10.2. The highest BCUT2D eigenvalue weighted by Gasteiger charge is 2.39. The predicted octanol–water partition coefficient (Wildman–Crippen LogP) is 3.02. The van der Waals surface area contributed by atoms with Crippen LogP contribution in [0.5, 0.6) is 0 Å². The fourth-order valence-electron chi connectivity index (χ4n) is 3.33. The molecule has 4 rings (SSSR count). The molecular formula is C21H18Cl2F3N7O3. The molecule has 0 saturated heterocycles. The Morgan fingerprint density at radius 1 is 1.08 bits per heavy atom. The Morgan fingerprint density at radius 3 is 2.39 bits per heavy atom. The van der Waals surface area contributed by atoms with Gasteiger partial charge < -0.3 is 10.2 Å². The number of aromatic nitrogens is 7. The van der Waals surface area contributed by atoms with Gasteiger partial charge in [-0.15, -0.1) is 10.2 Å². The summed E-state index contributed by atoms with van der Waals surface area (Å²) in [5.74, 6) is 0.145. The standard InChI is InChI=1S/C21H18Cl2F3N7O3/c1-11(34)17-28-16(29-33(17)19-14(23)3-2-8-27-19)10-32-20(36)31(9-15(35)21(24,25)26)18(30-32)12-4-6-13(22)7-5-12/h2-8,11,15,34-35H,9-10H2,1H3. The highest BCUT2D eigenvalue weighted by Crippen LogP contribution is 2.25. The van der Waals surface area contributed by atoms with E-state index < -0.39 is 30.6 Å². The summed E-state index contributed by atoms with van der Waals surface area (Å²) in [6.45, 7) is 0.00946. The Balaban J connectivity index is 1.78. The molecule has 0 aliphatic rings. The highest BCUT2D eigenvalue weighted by molar-refractivity contribution is 6.32. The van der Waals surface area contributed by atoms with Gasteiger partial charge in [0.1, 0.15) is 12.6 Å². The molecule has 15 heteroatoms. The molecule has 0 aliphatic heterocycles. The van der Waals surface area contributed by atoms with Crippen molar-refractivity contribution >= 4 is 23.2 Å². The summed E-state index contributed by atoms with van der Waals surface area (Å²) in [5.41, 5.74) is -0.637. The fourth-order valence-corrected chi connectivity index (χ4v) is 3.65. The topological polar surface area (TPSA) is 124 Å². The fraction of sp³-hybridized carbons (Fsp3) is 0.286. The predicted molar refractivity (Wildman–Crippen MR) is 123 cm³/mol. The number of nitrogens with zero attached hydrogens (tertiary/aromatic N) is 7. The molecule has 36 heavy (non-hydrogen) atoms. The molecule has 0 spiro atoms. The van der Waals surface area contributed by atoms with Crippen LogP contribution < -0.4 is 5.69 Å². The largest absolute Gasteiger partial charge is 0.416 e. The van der Waals surface area contributed by atoms with Crippen molar-refractivity contribution in [1.82, 2.24) is 34.1 Å². The summed E-state index contributed by atoms with van der Waals surface area (Å²) in [7, 11) is 0. The van der Waals surface area contributed by atoms with E-state index in [4.69, 9.17) is 23.2 Å². The first-order valence-electron chi connectivity index (χ1n) is 10.4. The van der Waals surface area contributed by atoms with Crippen LogP contribution in [-0.2, 0) is 13.1 Å². The SMILES string of the molecule is CC(O)c1nc(Cn2nc(-c3ccc(Cl)cc3)n(CC(O)C(F)(F)F)c2=O)nn1-c1ncccc1Cl. The number of aliphatic hydroxyl groups excluding tert-OH is 2. The Bertz CT molecular complexity index is 1430. The third-order valence-corrected chi connectivity index (χ3v) is 5.59. The summed E-state index contributed by atoms with van der Waals surface area (Å²) in [6, 6.07) is 9.09. The average Bonchev–Trinajstić information content (AvgIpc) is 3.36. The van der Waals surface area contributed by atoms with Crippen molar-refractivity contribution in [3.8, 4) is 17.2 Å². The monoisotopic (exact) mass is 543 g/mol. The Kier molecular flexibility index (Phi) is 7.18. The molecule has 3 heterocycles. The Labute approximate surface area is 211 Å². The van der Waals surface area contributed by atoms with Crippen LogP contribution in [0, 0.1) is 0 Å². The molecule has 2 atom stereocenters. The van der Waals surface area contributed by atoms with E-state index >= 15 is 0 Å². The van der Waals surface area contributed by atoms with Gasteiger partial charge in [-0.05, 0) is 43.3 Å². The number of aliphatic hydroxyl groups is 2. The Morgan fingerprint density at radius 2 is 1.78 bits per heavy atom. The van der Waals surface area contributed by atoms with Crippen LogP contribution in [0.2, 0.25) is 10.0 Å². The minimum Gasteiger partial charge on any atom is -0.385 e. The molecule has 0 saturated carbocycles. The molecule has 190 valence electrons. The third-order valence-electron chi connectivity index (χ3n) is 5.04. The lowest BCUT2D eigenvalue weighted by molar-refractivity contribution is -0.207. The number of hydrogen-bond acceptors (Lipinski definition) is 7. The lowest BCUT2D eigenvalue weighted by Crippen LogP contribution is -2.37. The zero-order valence-electron chi connectivity index (χ0n) is 18.4. The zero-order chi connectivity index (χ0) is 26.2. The van der Waals surface area contributed by atoms with Crippen molar-refractivity contribution in [2.75, 3.05) is 0 Å². The van der Waals surface area contributed by atoms with Gasteiger partial charge >= 0.3 is 11.9 Å². The molecular weight excluding hydrogens is 526 g/mol. The molecule has 3 aromatic heterocycles. The third kappa shape index (κ3) is 5.28. The first-order valence-corrected chi connectivity index (χ1v) is 11.1. The minimum atomic E-state index is -4.95. The van der Waals surface area contributed by atoms with Gasteiger partial charge in [0.15, 0.2) is 29.4 Å². The number of halogens is 5. The number of hydrogen-bond donors (Lipinski definition) is 2. The molecule has 0 amide bonds. The second kappa shape index (κ2) is 10.0. The second-order valence-corrected chi connectivity index (χ2v) is 8.57. The van der Waals surface area contributed by atoms with Crippen LogP contribution in [-0.4, -0.2) is 56.6 Å². The van der Waals surface area contributed by atoms with Gasteiger partial charge in [0.05, 0.1) is 11.6 Å². The lowest BCUT2D eigenvalue weighted by Gasteiger charge is -2.15. The normalized spacial score (nSPS) is 13.7. The smallest absolute Gasteiger partial charge is 0.385 e. The van der Waals surface area contributed by atoms with E-state index in [1.54, 1.807) is 12.1 Å². The second-order valence-electron chi connectivity index (χ2n) is 7.72. The first kappa shape index (κ1) is 25.8. The van der Waals surface area contributed by atoms with Crippen molar-refractivity contribution in [2.45, 2.75) is 38.4 Å². The maximum absolute atomic E-state index is 13.1. The van der Waals surface area contributed by atoms with Crippen LogP contribution in [0.4, 0.5) is 13.2 Å². The molecule has 0 bridgehead atoms. The van der Waals surface area contributed by atoms with Gasteiger partial charge in [-0.2, -0.15) is 17.9 Å². The first-order chi connectivity index (χ1) is 17.0. The summed E-state index contributed by atoms with van der Waals surface area (Å²) < 4.78 is 41.9. The van der Waals surface area contributed by atoms with E-state index in [1.807, 2.05) is 0 Å². The highest BCUT2D eigenvalue weighted by atomic mass is 35.5. The quantitative estimate of drug-likeness (QED) is 0.367. The van der Waals surface area contributed by atoms with Crippen LogP contribution in [0.1, 0.15) is 24.7 Å². The van der Waals surface area contributed by atoms with Crippen LogP contribution in [0.15, 0.2) is 47.4 Å². The molecule has 2 N–H and O–H groups in total. The molecule has 4 aromatic rings. The number of alkyl halides is 3. The Hall–Kier alpha value is -3.26. The van der Waals surface area contributed by atoms with Crippen molar-refractivity contribution in [1.29, 1.82) is 0 Å². The molecule has 10 nitrogen and oxygen atoms in total. The van der Waals surface area contributed by atoms with E-state index in [0.29, 0.717) is 15.2 Å². The molecule has 0 fully saturated rings. The van der Waals surface area contributed by atoms with Gasteiger partial charge in [-0.1, -0.05) is 23.2 Å². The summed E-state index contributed by atoms with van der Waals surface area (Å²) >= 11 is 12.1. The minimum absolute atomic E-state index is 0.0124. The van der Waals surface area contributed by atoms with Gasteiger partial charge in [0.25, 0.3) is 0 Å². The van der Waals surface area contributed by atoms with Crippen molar-refractivity contribution in [2.24, 2.45) is 0 Å². The van der Waals surface area contributed by atoms with E-state index in [9.17, 15) is 28.2 Å². The molecule has 0 aliphatic carbocycles. The van der Waals surface area contributed by atoms with E-state index in [1.165, 1.54) is 42.1 Å². The maximum Gasteiger partial charge on any atom is 0.416 e. The van der Waals surface area contributed by atoms with Gasteiger partial charge in [-0.3, -0.25) is 4.57 Å². The van der Waals surface area contributed by atoms with Crippen LogP contribution in [0.25, 0.3) is 17.2 Å². The zero-order valence-corrected chi connectivity index (χ0v) is 19.9. The van der Waals surface area contributed by atoms with Crippen molar-refractivity contribution in [3.05, 3.63) is 74.8 Å². The summed E-state index contributed by atoms with van der Waals surface area (Å²) in [6.07, 6.45) is -7.38. The van der Waals surface area contributed by atoms with Crippen LogP contribution >= 0.6 is 23.2 Å². The maximum atomic E-state index is 13.1. The van der Waals surface area contributed by atoms with Gasteiger partial charge in [0, 0.05) is 16.8 Å². The summed E-state index contributed by atoms with van der Waals surface area (Å²) in [5, 5.41) is 28.8. The van der Waals surface area contributed by atoms with E-state index in [0.717, 1.165) is 4.68 Å². The summed E-state index contributed by atoms with van der Waals surface area (Å²) in [4.78, 5) is 21.4. The average molecular weight is 544 g/mol. The van der Waals surface area contributed by atoms with Crippen molar-refractivity contribution in [3.63, 3.8) is 0 Å². The van der Waals surface area contributed by atoms with E-state index in [2.05, 4.69) is 20.2 Å². The number of benzene rings is 1. The molecule has 0 radical (unpaired) electrons.